The molecule has 1 aromatic carbocycles. The van der Waals surface area contributed by atoms with Crippen LogP contribution in [0.5, 0.6) is 0 Å². The van der Waals surface area contributed by atoms with E-state index < -0.39 is 43.5 Å². The molecule has 0 amide bonds. The summed E-state index contributed by atoms with van der Waals surface area (Å²) < 4.78 is 50.0. The van der Waals surface area contributed by atoms with Crippen LogP contribution in [0.4, 0.5) is 0 Å². The molecule has 182 valence electrons. The molecule has 2 aliphatic rings. The molecule has 2 unspecified atom stereocenters. The van der Waals surface area contributed by atoms with E-state index in [-0.39, 0.29) is 17.4 Å². The smallest absolute Gasteiger partial charge is 0.204 e. The van der Waals surface area contributed by atoms with Gasteiger partial charge in [0.15, 0.2) is 0 Å². The normalized spacial score (nSPS) is 29.9. The molecule has 3 rings (SSSR count). The standard InChI is InChI=1S/C24H40N2O4S2/c1-21(2)15-19(20(31(27)28)24(7,8)25-21)17-11-9-16(10-12-17)18-13-22(3,4)26(32(29)30)23(5,6)14-18/h9-12,18-20,25,31-32H,13-15H2,1-8H3. The molecule has 2 aliphatic heterocycles. The molecule has 0 spiro atoms. The Morgan fingerprint density at radius 1 is 0.781 bits per heavy atom. The number of piperidine rings is 2. The second kappa shape index (κ2) is 8.36. The fourth-order valence-corrected chi connectivity index (χ4v) is 9.05. The number of rotatable bonds is 4. The van der Waals surface area contributed by atoms with Crippen molar-refractivity contribution in [1.82, 2.24) is 9.62 Å². The van der Waals surface area contributed by atoms with Crippen LogP contribution >= 0.6 is 0 Å². The Morgan fingerprint density at radius 3 is 1.69 bits per heavy atom. The van der Waals surface area contributed by atoms with Crippen molar-refractivity contribution in [2.75, 3.05) is 0 Å². The maximum atomic E-state index is 12.3. The Morgan fingerprint density at radius 2 is 1.25 bits per heavy atom. The Bertz CT molecular complexity index is 973. The van der Waals surface area contributed by atoms with Crippen LogP contribution in [0.25, 0.3) is 0 Å². The van der Waals surface area contributed by atoms with Gasteiger partial charge >= 0.3 is 0 Å². The maximum Gasteiger partial charge on any atom is 0.204 e. The third-order valence-electron chi connectivity index (χ3n) is 7.38. The predicted octanol–water partition coefficient (Wildman–Crippen LogP) is 3.56. The molecule has 0 radical (unpaired) electrons. The van der Waals surface area contributed by atoms with Gasteiger partial charge in [-0.3, -0.25) is 0 Å². The highest BCUT2D eigenvalue weighted by molar-refractivity contribution is 7.73. The SMILES string of the molecule is CC1(C)CC(c2ccc(C3CC(C)(C)N([SH](=O)=O)C(C)(C)C3)cc2)C([SH](=O)=O)C(C)(C)N1. The van der Waals surface area contributed by atoms with E-state index in [0.717, 1.165) is 24.8 Å². The lowest BCUT2D eigenvalue weighted by Crippen LogP contribution is -2.65. The van der Waals surface area contributed by atoms with Crippen LogP contribution in [0, 0.1) is 0 Å². The molecule has 1 aromatic rings. The zero-order valence-electron chi connectivity index (χ0n) is 20.6. The van der Waals surface area contributed by atoms with Crippen LogP contribution in [0.2, 0.25) is 0 Å². The van der Waals surface area contributed by atoms with Gasteiger partial charge in [0.1, 0.15) is 10.7 Å². The predicted molar refractivity (Wildman–Crippen MR) is 131 cm³/mol. The monoisotopic (exact) mass is 484 g/mol. The molecule has 2 fully saturated rings. The minimum Gasteiger partial charge on any atom is -0.306 e. The third kappa shape index (κ3) is 4.93. The molecule has 6 nitrogen and oxygen atoms in total. The summed E-state index contributed by atoms with van der Waals surface area (Å²) in [6.07, 6.45) is 2.25. The largest absolute Gasteiger partial charge is 0.306 e. The number of hydrogen-bond donors (Lipinski definition) is 3. The van der Waals surface area contributed by atoms with Crippen molar-refractivity contribution in [3.63, 3.8) is 0 Å². The molecule has 0 aliphatic carbocycles. The summed E-state index contributed by atoms with van der Waals surface area (Å²) in [5.74, 6) is 0.170. The molecule has 0 saturated carbocycles. The van der Waals surface area contributed by atoms with E-state index >= 15 is 0 Å². The molecule has 2 heterocycles. The van der Waals surface area contributed by atoms with Crippen molar-refractivity contribution in [3.05, 3.63) is 35.4 Å². The topological polar surface area (TPSA) is 83.6 Å². The van der Waals surface area contributed by atoms with Crippen molar-refractivity contribution < 1.29 is 16.8 Å². The summed E-state index contributed by atoms with van der Waals surface area (Å²) in [6, 6.07) is 8.42. The van der Waals surface area contributed by atoms with Gasteiger partial charge in [-0.1, -0.05) is 24.3 Å². The third-order valence-corrected chi connectivity index (χ3v) is 10.2. The number of hydrogen-bond acceptors (Lipinski definition) is 5. The molecule has 2 atom stereocenters. The molecule has 32 heavy (non-hydrogen) atoms. The number of benzene rings is 1. The summed E-state index contributed by atoms with van der Waals surface area (Å²) in [6.45, 7) is 16.2. The van der Waals surface area contributed by atoms with E-state index in [0.29, 0.717) is 0 Å². The quantitative estimate of drug-likeness (QED) is 0.569. The van der Waals surface area contributed by atoms with Crippen LogP contribution in [0.1, 0.15) is 97.6 Å². The summed E-state index contributed by atoms with van der Waals surface area (Å²) in [5, 5.41) is 3.04. The van der Waals surface area contributed by atoms with Gasteiger partial charge in [0, 0.05) is 28.1 Å². The van der Waals surface area contributed by atoms with E-state index in [1.54, 1.807) is 4.31 Å². The van der Waals surface area contributed by atoms with Crippen molar-refractivity contribution >= 4 is 21.6 Å². The Kier molecular flexibility index (Phi) is 6.71. The zero-order chi connectivity index (χ0) is 24.3. The van der Waals surface area contributed by atoms with Gasteiger partial charge in [-0.05, 0) is 91.7 Å². The first-order chi connectivity index (χ1) is 14.5. The molecule has 1 N–H and O–H groups in total. The highest BCUT2D eigenvalue weighted by Gasteiger charge is 2.49. The number of thiol groups is 2. The first-order valence-corrected chi connectivity index (χ1v) is 13.8. The average molecular weight is 485 g/mol. The second-order valence-corrected chi connectivity index (χ2v) is 14.2. The molecular formula is C24H40N2O4S2. The Labute approximate surface area is 197 Å². The summed E-state index contributed by atoms with van der Waals surface area (Å²) in [4.78, 5) is 0. The minimum absolute atomic E-state index is 0.0735. The van der Waals surface area contributed by atoms with E-state index in [4.69, 9.17) is 0 Å². The first kappa shape index (κ1) is 25.7. The molecular weight excluding hydrogens is 444 g/mol. The highest BCUT2D eigenvalue weighted by Crippen LogP contribution is 2.46. The average Bonchev–Trinajstić information content (AvgIpc) is 2.56. The molecule has 0 bridgehead atoms. The lowest BCUT2D eigenvalue weighted by molar-refractivity contribution is 0.0463. The van der Waals surface area contributed by atoms with E-state index in [1.807, 2.05) is 41.5 Å². The number of nitrogens with one attached hydrogen (secondary N) is 1. The van der Waals surface area contributed by atoms with Crippen LogP contribution in [-0.2, 0) is 21.6 Å². The Hall–Kier alpha value is -0.960. The minimum atomic E-state index is -2.66. The van der Waals surface area contributed by atoms with Gasteiger partial charge in [-0.25, -0.2) is 16.8 Å². The molecule has 8 heteroatoms. The van der Waals surface area contributed by atoms with E-state index in [1.165, 1.54) is 5.56 Å². The first-order valence-electron chi connectivity index (χ1n) is 11.4. The van der Waals surface area contributed by atoms with E-state index in [2.05, 4.69) is 43.4 Å². The van der Waals surface area contributed by atoms with Gasteiger partial charge < -0.3 is 5.32 Å². The van der Waals surface area contributed by atoms with Crippen molar-refractivity contribution in [2.45, 2.75) is 114 Å². The van der Waals surface area contributed by atoms with Crippen molar-refractivity contribution in [2.24, 2.45) is 0 Å². The van der Waals surface area contributed by atoms with Gasteiger partial charge in [0.2, 0.25) is 10.9 Å². The Balaban J connectivity index is 1.92. The number of nitrogens with zero attached hydrogens (tertiary/aromatic N) is 1. The fraction of sp³-hybridized carbons (Fsp3) is 0.750. The zero-order valence-corrected chi connectivity index (χ0v) is 22.4. The van der Waals surface area contributed by atoms with Crippen molar-refractivity contribution in [1.29, 1.82) is 0 Å². The van der Waals surface area contributed by atoms with Gasteiger partial charge in [-0.2, -0.15) is 4.31 Å². The van der Waals surface area contributed by atoms with Crippen LogP contribution in [0.15, 0.2) is 24.3 Å². The summed E-state index contributed by atoms with van der Waals surface area (Å²) in [5.41, 5.74) is 0.636. The van der Waals surface area contributed by atoms with Crippen LogP contribution in [-0.4, -0.2) is 48.5 Å². The maximum absolute atomic E-state index is 12.3. The summed E-state index contributed by atoms with van der Waals surface area (Å²) >= 11 is 0. The highest BCUT2D eigenvalue weighted by atomic mass is 32.2. The fourth-order valence-electron chi connectivity index (χ4n) is 6.84. The van der Waals surface area contributed by atoms with Crippen LogP contribution in [0.3, 0.4) is 0 Å². The van der Waals surface area contributed by atoms with Crippen LogP contribution < -0.4 is 5.32 Å². The van der Waals surface area contributed by atoms with Gasteiger partial charge in [0.05, 0.1) is 5.25 Å². The molecule has 2 saturated heterocycles. The second-order valence-electron chi connectivity index (χ2n) is 12.2. The van der Waals surface area contributed by atoms with Gasteiger partial charge in [0.25, 0.3) is 0 Å². The lowest BCUT2D eigenvalue weighted by atomic mass is 9.71. The lowest BCUT2D eigenvalue weighted by Gasteiger charge is -2.52. The molecule has 0 aromatic heterocycles. The van der Waals surface area contributed by atoms with Gasteiger partial charge in [-0.15, -0.1) is 0 Å². The summed E-state index contributed by atoms with van der Waals surface area (Å²) in [7, 11) is -5.25. The van der Waals surface area contributed by atoms with E-state index in [9.17, 15) is 16.8 Å². The van der Waals surface area contributed by atoms with Crippen molar-refractivity contribution in [3.8, 4) is 0 Å².